The van der Waals surface area contributed by atoms with E-state index in [0.29, 0.717) is 25.5 Å². The van der Waals surface area contributed by atoms with Crippen molar-refractivity contribution in [3.63, 3.8) is 0 Å². The van der Waals surface area contributed by atoms with Crippen molar-refractivity contribution < 1.29 is 22.7 Å². The minimum absolute atomic E-state index is 0. The second-order valence-electron chi connectivity index (χ2n) is 5.37. The third-order valence-corrected chi connectivity index (χ3v) is 3.62. The van der Waals surface area contributed by atoms with Crippen LogP contribution in [0.1, 0.15) is 11.3 Å². The number of hydrogen-bond acceptors (Lipinski definition) is 4. The molecule has 1 aromatic carbocycles. The Bertz CT molecular complexity index is 697. The third kappa shape index (κ3) is 8.02. The molecule has 2 aromatic rings. The molecule has 0 aliphatic rings. The van der Waals surface area contributed by atoms with E-state index in [1.807, 2.05) is 18.2 Å². The average molecular weight is 495 g/mol. The Kier molecular flexibility index (Phi) is 10.5. The molecule has 0 bridgehead atoms. The van der Waals surface area contributed by atoms with Gasteiger partial charge in [0.25, 0.3) is 0 Å². The summed E-state index contributed by atoms with van der Waals surface area (Å²) in [5, 5.41) is 6.36. The lowest BCUT2D eigenvalue weighted by atomic mass is 10.1. The van der Waals surface area contributed by atoms with Gasteiger partial charge in [-0.1, -0.05) is 6.07 Å². The molecule has 0 saturated heterocycles. The molecular formula is C18H24F2IN3O3. The van der Waals surface area contributed by atoms with Gasteiger partial charge in [-0.15, -0.1) is 24.0 Å². The lowest BCUT2D eigenvalue weighted by molar-refractivity contribution is -0.0512. The second-order valence-corrected chi connectivity index (χ2v) is 5.37. The maximum absolute atomic E-state index is 12.5. The summed E-state index contributed by atoms with van der Waals surface area (Å²) in [5.74, 6) is 1.87. The molecule has 0 spiro atoms. The number of aliphatic imine (C=N–C) groups is 1. The van der Waals surface area contributed by atoms with Crippen molar-refractivity contribution in [2.24, 2.45) is 4.99 Å². The molecule has 2 N–H and O–H groups in total. The van der Waals surface area contributed by atoms with Gasteiger partial charge in [-0.25, -0.2) is 0 Å². The maximum Gasteiger partial charge on any atom is 0.387 e. The highest BCUT2D eigenvalue weighted by molar-refractivity contribution is 14.0. The first-order chi connectivity index (χ1) is 12.6. The number of ether oxygens (including phenoxy) is 2. The van der Waals surface area contributed by atoms with Gasteiger partial charge in [0.1, 0.15) is 5.76 Å². The van der Waals surface area contributed by atoms with Crippen molar-refractivity contribution in [2.45, 2.75) is 19.5 Å². The molecule has 0 fully saturated rings. The molecule has 27 heavy (non-hydrogen) atoms. The molecule has 0 aliphatic carbocycles. The molecule has 0 amide bonds. The highest BCUT2D eigenvalue weighted by Gasteiger charge is 2.11. The molecule has 9 heteroatoms. The topological polar surface area (TPSA) is 68.0 Å². The van der Waals surface area contributed by atoms with Crippen LogP contribution in [0.3, 0.4) is 0 Å². The zero-order valence-corrected chi connectivity index (χ0v) is 17.5. The average Bonchev–Trinajstić information content (AvgIpc) is 3.13. The number of nitrogens with zero attached hydrogens (tertiary/aromatic N) is 1. The smallest absolute Gasteiger partial charge is 0.387 e. The van der Waals surface area contributed by atoms with Crippen molar-refractivity contribution >= 4 is 29.9 Å². The minimum atomic E-state index is -2.89. The molecule has 1 aromatic heterocycles. The predicted molar refractivity (Wildman–Crippen MR) is 111 cm³/mol. The van der Waals surface area contributed by atoms with Crippen LogP contribution in [-0.2, 0) is 12.8 Å². The monoisotopic (exact) mass is 495 g/mol. The van der Waals surface area contributed by atoms with Crippen molar-refractivity contribution in [1.29, 1.82) is 0 Å². The van der Waals surface area contributed by atoms with E-state index >= 15 is 0 Å². The fourth-order valence-electron chi connectivity index (χ4n) is 2.37. The summed E-state index contributed by atoms with van der Waals surface area (Å²) in [4.78, 5) is 4.14. The largest absolute Gasteiger partial charge is 0.493 e. The lowest BCUT2D eigenvalue weighted by Gasteiger charge is -2.13. The van der Waals surface area contributed by atoms with Crippen LogP contribution in [0.5, 0.6) is 11.5 Å². The zero-order valence-electron chi connectivity index (χ0n) is 15.2. The number of methoxy groups -OCH3 is 1. The number of nitrogens with one attached hydrogen (secondary N) is 2. The van der Waals surface area contributed by atoms with Gasteiger partial charge in [0, 0.05) is 26.6 Å². The summed E-state index contributed by atoms with van der Waals surface area (Å²) < 4.78 is 39.7. The van der Waals surface area contributed by atoms with Gasteiger partial charge >= 0.3 is 6.61 Å². The number of guanidine groups is 1. The van der Waals surface area contributed by atoms with Crippen LogP contribution < -0.4 is 20.1 Å². The van der Waals surface area contributed by atoms with E-state index < -0.39 is 6.61 Å². The van der Waals surface area contributed by atoms with E-state index in [2.05, 4.69) is 20.4 Å². The summed E-state index contributed by atoms with van der Waals surface area (Å²) in [6.07, 6.45) is 3.01. The first-order valence-electron chi connectivity index (χ1n) is 8.21. The summed E-state index contributed by atoms with van der Waals surface area (Å²) in [5.41, 5.74) is 0.847. The van der Waals surface area contributed by atoms with Crippen molar-refractivity contribution in [2.75, 3.05) is 27.2 Å². The number of benzene rings is 1. The van der Waals surface area contributed by atoms with Crippen molar-refractivity contribution in [3.8, 4) is 11.5 Å². The maximum atomic E-state index is 12.5. The first kappa shape index (κ1) is 23.0. The summed E-state index contributed by atoms with van der Waals surface area (Å²) in [7, 11) is 3.09. The molecule has 150 valence electrons. The van der Waals surface area contributed by atoms with Crippen LogP contribution in [0.25, 0.3) is 0 Å². The van der Waals surface area contributed by atoms with Crippen LogP contribution in [0.4, 0.5) is 8.78 Å². The van der Waals surface area contributed by atoms with Crippen LogP contribution in [0.15, 0.2) is 46.0 Å². The molecule has 0 radical (unpaired) electrons. The molecule has 0 saturated carbocycles. The van der Waals surface area contributed by atoms with Gasteiger partial charge in [0.15, 0.2) is 17.5 Å². The molecule has 0 unspecified atom stereocenters. The van der Waals surface area contributed by atoms with Gasteiger partial charge in [-0.2, -0.15) is 8.78 Å². The highest BCUT2D eigenvalue weighted by atomic mass is 127. The number of alkyl halides is 2. The zero-order chi connectivity index (χ0) is 18.8. The van der Waals surface area contributed by atoms with E-state index in [-0.39, 0.29) is 35.5 Å². The standard InChI is InChI=1S/C18H23F2N3O3.HI/c1-21-18(23-10-8-14-4-3-11-25-14)22-9-7-13-5-6-15(24-2)16(12-13)26-17(19)20;/h3-6,11-12,17H,7-10H2,1-2H3,(H2,21,22,23);1H. The van der Waals surface area contributed by atoms with Crippen LogP contribution in [-0.4, -0.2) is 39.8 Å². The quantitative estimate of drug-likeness (QED) is 0.317. The van der Waals surface area contributed by atoms with Crippen LogP contribution >= 0.6 is 24.0 Å². The predicted octanol–water partition coefficient (Wildman–Crippen LogP) is 3.46. The second kappa shape index (κ2) is 12.4. The minimum Gasteiger partial charge on any atom is -0.493 e. The van der Waals surface area contributed by atoms with Gasteiger partial charge in [-0.3, -0.25) is 4.99 Å². The van der Waals surface area contributed by atoms with E-state index in [1.54, 1.807) is 25.4 Å². The molecule has 0 aliphatic heterocycles. The Balaban J connectivity index is 0.00000364. The number of hydrogen-bond donors (Lipinski definition) is 2. The SMILES string of the molecule is CN=C(NCCc1ccc(OC)c(OC(F)F)c1)NCCc1ccco1.I. The molecule has 2 rings (SSSR count). The fourth-order valence-corrected chi connectivity index (χ4v) is 2.37. The van der Waals surface area contributed by atoms with Gasteiger partial charge in [0.2, 0.25) is 0 Å². The fraction of sp³-hybridized carbons (Fsp3) is 0.389. The van der Waals surface area contributed by atoms with Crippen molar-refractivity contribution in [1.82, 2.24) is 10.6 Å². The number of rotatable bonds is 9. The number of furan rings is 1. The molecule has 6 nitrogen and oxygen atoms in total. The Morgan fingerprint density at radius 3 is 2.48 bits per heavy atom. The van der Waals surface area contributed by atoms with E-state index in [0.717, 1.165) is 17.7 Å². The summed E-state index contributed by atoms with van der Waals surface area (Å²) in [6, 6.07) is 8.75. The lowest BCUT2D eigenvalue weighted by Crippen LogP contribution is -2.39. The molecular weight excluding hydrogens is 471 g/mol. The van der Waals surface area contributed by atoms with E-state index in [9.17, 15) is 8.78 Å². The Labute approximate surface area is 174 Å². The summed E-state index contributed by atoms with van der Waals surface area (Å²) >= 11 is 0. The van der Waals surface area contributed by atoms with Crippen molar-refractivity contribution in [3.05, 3.63) is 47.9 Å². The van der Waals surface area contributed by atoms with Gasteiger partial charge in [0.05, 0.1) is 13.4 Å². The normalized spacial score (nSPS) is 11.1. The van der Waals surface area contributed by atoms with E-state index in [1.165, 1.54) is 7.11 Å². The highest BCUT2D eigenvalue weighted by Crippen LogP contribution is 2.29. The van der Waals surface area contributed by atoms with Gasteiger partial charge < -0.3 is 24.5 Å². The van der Waals surface area contributed by atoms with Gasteiger partial charge in [-0.05, 0) is 36.2 Å². The molecule has 0 atom stereocenters. The van der Waals surface area contributed by atoms with Crippen LogP contribution in [0.2, 0.25) is 0 Å². The Hall–Kier alpha value is -2.04. The van der Waals surface area contributed by atoms with E-state index in [4.69, 9.17) is 9.15 Å². The number of halogens is 3. The Morgan fingerprint density at radius 1 is 1.15 bits per heavy atom. The Morgan fingerprint density at radius 2 is 1.89 bits per heavy atom. The van der Waals surface area contributed by atoms with Crippen LogP contribution in [0, 0.1) is 0 Å². The first-order valence-corrected chi connectivity index (χ1v) is 8.21. The molecule has 1 heterocycles. The summed E-state index contributed by atoms with van der Waals surface area (Å²) in [6.45, 7) is -1.63. The third-order valence-electron chi connectivity index (χ3n) is 3.62.